The zero-order chi connectivity index (χ0) is 13.0. The molecule has 1 heterocycles. The number of para-hydroxylation sites is 1. The molecule has 0 aliphatic rings. The van der Waals surface area contributed by atoms with Gasteiger partial charge in [-0.3, -0.25) is 15.0 Å². The maximum atomic E-state index is 11.9. The fourth-order valence-corrected chi connectivity index (χ4v) is 1.33. The lowest BCUT2D eigenvalue weighted by molar-refractivity contribution is -0.131. The molecule has 18 heavy (non-hydrogen) atoms. The van der Waals surface area contributed by atoms with Gasteiger partial charge in [0.1, 0.15) is 18.4 Å². The number of nitrogens with zero attached hydrogens (tertiary/aromatic N) is 3. The van der Waals surface area contributed by atoms with E-state index in [1.54, 1.807) is 24.3 Å². The molecule has 1 aromatic heterocycles. The van der Waals surface area contributed by atoms with E-state index in [1.165, 1.54) is 24.3 Å². The van der Waals surface area contributed by atoms with Crippen molar-refractivity contribution in [2.45, 2.75) is 6.92 Å². The van der Waals surface area contributed by atoms with Crippen LogP contribution in [0.4, 0.5) is 0 Å². The van der Waals surface area contributed by atoms with Crippen LogP contribution in [0.2, 0.25) is 0 Å². The molecule has 0 aliphatic carbocycles. The van der Waals surface area contributed by atoms with Crippen LogP contribution in [0.15, 0.2) is 36.9 Å². The molecule has 0 unspecified atom stereocenters. The van der Waals surface area contributed by atoms with Crippen molar-refractivity contribution in [3.8, 4) is 5.75 Å². The Morgan fingerprint density at radius 3 is 2.56 bits per heavy atom. The molecule has 0 saturated heterocycles. The first-order chi connectivity index (χ1) is 8.66. The zero-order valence-corrected chi connectivity index (χ0v) is 9.53. The minimum atomic E-state index is -0.487. The smallest absolute Gasteiger partial charge is 0.308 e. The molecule has 0 saturated carbocycles. The number of amides is 1. The van der Waals surface area contributed by atoms with E-state index in [4.69, 9.17) is 4.74 Å². The van der Waals surface area contributed by atoms with Gasteiger partial charge in [0.15, 0.2) is 0 Å². The Morgan fingerprint density at radius 2 is 1.89 bits per heavy atom. The number of esters is 1. The monoisotopic (exact) mass is 246 g/mol. The van der Waals surface area contributed by atoms with Crippen LogP contribution in [0.5, 0.6) is 5.75 Å². The van der Waals surface area contributed by atoms with Crippen molar-refractivity contribution in [1.82, 2.24) is 14.9 Å². The second-order valence-electron chi connectivity index (χ2n) is 3.40. The van der Waals surface area contributed by atoms with Crippen molar-refractivity contribution in [1.29, 1.82) is 0 Å². The molecule has 0 fully saturated rings. The first kappa shape index (κ1) is 11.8. The van der Waals surface area contributed by atoms with Crippen molar-refractivity contribution in [3.05, 3.63) is 42.5 Å². The minimum Gasteiger partial charge on any atom is -0.426 e. The van der Waals surface area contributed by atoms with E-state index >= 15 is 0 Å². The maximum Gasteiger partial charge on any atom is 0.308 e. The standard InChI is InChI=1S/C11H10N4O3/c1-8(16)18-10-5-3-2-4-9(10)11(17)14-15-6-12-13-7-15/h2-7H,1H3,(H,14,17). The van der Waals surface area contributed by atoms with E-state index in [1.807, 2.05) is 0 Å². The Labute approximate surface area is 102 Å². The topological polar surface area (TPSA) is 86.1 Å². The second kappa shape index (κ2) is 5.09. The van der Waals surface area contributed by atoms with Crippen LogP contribution < -0.4 is 10.2 Å². The highest BCUT2D eigenvalue weighted by molar-refractivity contribution is 6.02. The molecular formula is C11H10N4O3. The van der Waals surface area contributed by atoms with Crippen LogP contribution >= 0.6 is 0 Å². The van der Waals surface area contributed by atoms with Gasteiger partial charge in [-0.25, -0.2) is 4.68 Å². The molecule has 1 aromatic carbocycles. The van der Waals surface area contributed by atoms with Crippen molar-refractivity contribution >= 4 is 11.9 Å². The number of ether oxygens (including phenoxy) is 1. The molecule has 0 atom stereocenters. The van der Waals surface area contributed by atoms with Crippen molar-refractivity contribution in [2.75, 3.05) is 5.43 Å². The SMILES string of the molecule is CC(=O)Oc1ccccc1C(=O)Nn1cnnc1. The molecule has 0 aliphatic heterocycles. The molecule has 1 amide bonds. The van der Waals surface area contributed by atoms with Gasteiger partial charge in [-0.1, -0.05) is 12.1 Å². The molecule has 0 bridgehead atoms. The van der Waals surface area contributed by atoms with Crippen molar-refractivity contribution in [2.24, 2.45) is 0 Å². The lowest BCUT2D eigenvalue weighted by Gasteiger charge is -2.09. The highest BCUT2D eigenvalue weighted by Crippen LogP contribution is 2.18. The van der Waals surface area contributed by atoms with Crippen LogP contribution in [0.25, 0.3) is 0 Å². The number of carbonyl (C=O) groups is 2. The third kappa shape index (κ3) is 2.70. The summed E-state index contributed by atoms with van der Waals surface area (Å²) in [5, 5.41) is 7.11. The molecular weight excluding hydrogens is 236 g/mol. The number of benzene rings is 1. The number of aromatic nitrogens is 3. The summed E-state index contributed by atoms with van der Waals surface area (Å²) in [6, 6.07) is 6.45. The van der Waals surface area contributed by atoms with Gasteiger partial charge in [-0.05, 0) is 12.1 Å². The quantitative estimate of drug-likeness (QED) is 0.632. The van der Waals surface area contributed by atoms with Gasteiger partial charge >= 0.3 is 5.97 Å². The molecule has 1 N–H and O–H groups in total. The van der Waals surface area contributed by atoms with Gasteiger partial charge in [0, 0.05) is 6.92 Å². The van der Waals surface area contributed by atoms with Crippen LogP contribution in [-0.2, 0) is 4.79 Å². The minimum absolute atomic E-state index is 0.204. The zero-order valence-electron chi connectivity index (χ0n) is 9.53. The van der Waals surface area contributed by atoms with E-state index in [0.717, 1.165) is 0 Å². The van der Waals surface area contributed by atoms with E-state index in [9.17, 15) is 9.59 Å². The molecule has 2 aromatic rings. The third-order valence-electron chi connectivity index (χ3n) is 2.03. The van der Waals surface area contributed by atoms with Gasteiger partial charge in [-0.2, -0.15) is 0 Å². The largest absolute Gasteiger partial charge is 0.426 e. The first-order valence-corrected chi connectivity index (χ1v) is 5.10. The Morgan fingerprint density at radius 1 is 1.22 bits per heavy atom. The highest BCUT2D eigenvalue weighted by atomic mass is 16.5. The Balaban J connectivity index is 2.21. The fourth-order valence-electron chi connectivity index (χ4n) is 1.33. The third-order valence-corrected chi connectivity index (χ3v) is 2.03. The summed E-state index contributed by atoms with van der Waals surface area (Å²) in [5.74, 6) is -0.707. The Kier molecular flexibility index (Phi) is 3.33. The van der Waals surface area contributed by atoms with Crippen LogP contribution in [0.3, 0.4) is 0 Å². The number of nitrogens with one attached hydrogen (secondary N) is 1. The van der Waals surface area contributed by atoms with Crippen LogP contribution in [0, 0.1) is 0 Å². The first-order valence-electron chi connectivity index (χ1n) is 5.10. The Hall–Kier alpha value is -2.70. The lowest BCUT2D eigenvalue weighted by Crippen LogP contribution is -2.22. The highest BCUT2D eigenvalue weighted by Gasteiger charge is 2.13. The molecule has 0 spiro atoms. The van der Waals surface area contributed by atoms with Crippen molar-refractivity contribution < 1.29 is 14.3 Å². The molecule has 0 radical (unpaired) electrons. The predicted molar refractivity (Wildman–Crippen MR) is 61.5 cm³/mol. The van der Waals surface area contributed by atoms with Crippen molar-refractivity contribution in [3.63, 3.8) is 0 Å². The van der Waals surface area contributed by atoms with Crippen LogP contribution in [-0.4, -0.2) is 26.7 Å². The van der Waals surface area contributed by atoms with Gasteiger partial charge in [0.25, 0.3) is 5.91 Å². The summed E-state index contributed by atoms with van der Waals surface area (Å²) >= 11 is 0. The summed E-state index contributed by atoms with van der Waals surface area (Å²) in [6.07, 6.45) is 2.68. The number of rotatable bonds is 3. The maximum absolute atomic E-state index is 11.9. The summed E-state index contributed by atoms with van der Waals surface area (Å²) < 4.78 is 6.24. The lowest BCUT2D eigenvalue weighted by atomic mass is 10.2. The summed E-state index contributed by atoms with van der Waals surface area (Å²) in [4.78, 5) is 22.9. The second-order valence-corrected chi connectivity index (χ2v) is 3.40. The van der Waals surface area contributed by atoms with E-state index in [2.05, 4.69) is 15.6 Å². The van der Waals surface area contributed by atoms with Gasteiger partial charge < -0.3 is 4.74 Å². The average Bonchev–Trinajstić information content (AvgIpc) is 2.81. The molecule has 92 valence electrons. The normalized spacial score (nSPS) is 9.83. The van der Waals surface area contributed by atoms with E-state index < -0.39 is 11.9 Å². The van der Waals surface area contributed by atoms with Gasteiger partial charge in [0.05, 0.1) is 5.56 Å². The fraction of sp³-hybridized carbons (Fsp3) is 0.0909. The van der Waals surface area contributed by atoms with Gasteiger partial charge in [0.2, 0.25) is 0 Å². The summed E-state index contributed by atoms with van der Waals surface area (Å²) in [6.45, 7) is 1.27. The molecule has 7 nitrogen and oxygen atoms in total. The summed E-state index contributed by atoms with van der Waals surface area (Å²) in [7, 11) is 0. The summed E-state index contributed by atoms with van der Waals surface area (Å²) in [5.41, 5.74) is 2.76. The van der Waals surface area contributed by atoms with E-state index in [-0.39, 0.29) is 11.3 Å². The van der Waals surface area contributed by atoms with Gasteiger partial charge in [-0.15, -0.1) is 10.2 Å². The number of carbonyl (C=O) groups excluding carboxylic acids is 2. The molecule has 7 heteroatoms. The van der Waals surface area contributed by atoms with E-state index in [0.29, 0.717) is 0 Å². The number of hydrogen-bond donors (Lipinski definition) is 1. The Bertz CT molecular complexity index is 565. The van der Waals surface area contributed by atoms with Crippen LogP contribution in [0.1, 0.15) is 17.3 Å². The number of hydrogen-bond acceptors (Lipinski definition) is 5. The average molecular weight is 246 g/mol. The molecule has 2 rings (SSSR count). The predicted octanol–water partition coefficient (Wildman–Crippen LogP) is 0.587.